The molecule has 0 saturated heterocycles. The SMILES string of the molecule is CCC(C)(C)C(=O)OCCOC(=O)/C=C/c1ccc(C(N)=O)cc1. The Morgan fingerprint density at radius 2 is 1.67 bits per heavy atom. The highest BCUT2D eigenvalue weighted by Gasteiger charge is 2.26. The normalized spacial score (nSPS) is 11.3. The number of esters is 2. The molecular formula is C18H23NO5. The summed E-state index contributed by atoms with van der Waals surface area (Å²) >= 11 is 0. The second-order valence-electron chi connectivity index (χ2n) is 5.86. The lowest BCUT2D eigenvalue weighted by Gasteiger charge is -2.20. The lowest BCUT2D eigenvalue weighted by Crippen LogP contribution is -2.27. The van der Waals surface area contributed by atoms with Gasteiger partial charge < -0.3 is 15.2 Å². The van der Waals surface area contributed by atoms with Crippen molar-refractivity contribution in [2.45, 2.75) is 27.2 Å². The van der Waals surface area contributed by atoms with Crippen molar-refractivity contribution in [1.82, 2.24) is 0 Å². The van der Waals surface area contributed by atoms with Gasteiger partial charge >= 0.3 is 11.9 Å². The highest BCUT2D eigenvalue weighted by atomic mass is 16.6. The second kappa shape index (κ2) is 8.86. The van der Waals surface area contributed by atoms with E-state index in [0.29, 0.717) is 12.0 Å². The van der Waals surface area contributed by atoms with Gasteiger partial charge in [0.05, 0.1) is 5.41 Å². The van der Waals surface area contributed by atoms with Crippen LogP contribution in [0.1, 0.15) is 43.1 Å². The van der Waals surface area contributed by atoms with Gasteiger partial charge in [0, 0.05) is 11.6 Å². The summed E-state index contributed by atoms with van der Waals surface area (Å²) in [6.45, 7) is 5.52. The van der Waals surface area contributed by atoms with Gasteiger partial charge in [0.1, 0.15) is 13.2 Å². The molecule has 0 saturated carbocycles. The van der Waals surface area contributed by atoms with Crippen molar-refractivity contribution >= 4 is 23.9 Å². The highest BCUT2D eigenvalue weighted by Crippen LogP contribution is 2.21. The van der Waals surface area contributed by atoms with E-state index in [-0.39, 0.29) is 19.2 Å². The zero-order valence-electron chi connectivity index (χ0n) is 14.2. The molecular weight excluding hydrogens is 310 g/mol. The van der Waals surface area contributed by atoms with Crippen LogP contribution in [0.15, 0.2) is 30.3 Å². The Kier molecular flexibility index (Phi) is 7.17. The van der Waals surface area contributed by atoms with Crippen LogP contribution in [0.5, 0.6) is 0 Å². The molecule has 0 aliphatic carbocycles. The third-order valence-corrected chi connectivity index (χ3v) is 3.60. The Bertz CT molecular complexity index is 617. The van der Waals surface area contributed by atoms with E-state index in [1.165, 1.54) is 6.08 Å². The van der Waals surface area contributed by atoms with Gasteiger partial charge in [-0.1, -0.05) is 19.1 Å². The summed E-state index contributed by atoms with van der Waals surface area (Å²) in [5.74, 6) is -1.36. The summed E-state index contributed by atoms with van der Waals surface area (Å²) in [7, 11) is 0. The zero-order valence-corrected chi connectivity index (χ0v) is 14.2. The van der Waals surface area contributed by atoms with Crippen LogP contribution in [-0.4, -0.2) is 31.1 Å². The first-order chi connectivity index (χ1) is 11.3. The van der Waals surface area contributed by atoms with Gasteiger partial charge in [-0.2, -0.15) is 0 Å². The lowest BCUT2D eigenvalue weighted by atomic mass is 9.91. The predicted molar refractivity (Wildman–Crippen MR) is 90.0 cm³/mol. The average molecular weight is 333 g/mol. The molecule has 24 heavy (non-hydrogen) atoms. The molecule has 1 aromatic carbocycles. The van der Waals surface area contributed by atoms with Gasteiger partial charge in [-0.05, 0) is 44.0 Å². The van der Waals surface area contributed by atoms with Crippen LogP contribution in [0.2, 0.25) is 0 Å². The molecule has 0 heterocycles. The Morgan fingerprint density at radius 1 is 1.08 bits per heavy atom. The van der Waals surface area contributed by atoms with Crippen molar-refractivity contribution in [3.05, 3.63) is 41.5 Å². The fourth-order valence-electron chi connectivity index (χ4n) is 1.59. The van der Waals surface area contributed by atoms with Crippen LogP contribution in [0.25, 0.3) is 6.08 Å². The van der Waals surface area contributed by atoms with Crippen molar-refractivity contribution in [3.63, 3.8) is 0 Å². The summed E-state index contributed by atoms with van der Waals surface area (Å²) in [5.41, 5.74) is 5.73. The zero-order chi connectivity index (χ0) is 18.2. The molecule has 0 spiro atoms. The quantitative estimate of drug-likeness (QED) is 0.447. The topological polar surface area (TPSA) is 95.7 Å². The number of hydrogen-bond donors (Lipinski definition) is 1. The van der Waals surface area contributed by atoms with Crippen LogP contribution in [0.3, 0.4) is 0 Å². The molecule has 1 amide bonds. The molecule has 0 aromatic heterocycles. The van der Waals surface area contributed by atoms with Crippen molar-refractivity contribution in [2.75, 3.05) is 13.2 Å². The number of benzene rings is 1. The predicted octanol–water partition coefficient (Wildman–Crippen LogP) is 2.32. The number of ether oxygens (including phenoxy) is 2. The molecule has 1 rings (SSSR count). The first-order valence-electron chi connectivity index (χ1n) is 7.68. The average Bonchev–Trinajstić information content (AvgIpc) is 2.56. The number of amides is 1. The van der Waals surface area contributed by atoms with Crippen molar-refractivity contribution < 1.29 is 23.9 Å². The molecule has 2 N–H and O–H groups in total. The van der Waals surface area contributed by atoms with Gasteiger partial charge in [-0.15, -0.1) is 0 Å². The minimum atomic E-state index is -0.542. The van der Waals surface area contributed by atoms with E-state index >= 15 is 0 Å². The standard InChI is InChI=1S/C18H23NO5/c1-4-18(2,3)17(22)24-12-11-23-15(20)10-7-13-5-8-14(9-6-13)16(19)21/h5-10H,4,11-12H2,1-3H3,(H2,19,21)/b10-7+. The van der Waals surface area contributed by atoms with Crippen molar-refractivity contribution in [1.29, 1.82) is 0 Å². The number of carbonyl (C=O) groups is 3. The maximum Gasteiger partial charge on any atom is 0.330 e. The van der Waals surface area contributed by atoms with E-state index in [1.807, 2.05) is 6.92 Å². The van der Waals surface area contributed by atoms with E-state index < -0.39 is 17.3 Å². The highest BCUT2D eigenvalue weighted by molar-refractivity contribution is 5.93. The van der Waals surface area contributed by atoms with Crippen LogP contribution in [-0.2, 0) is 19.1 Å². The van der Waals surface area contributed by atoms with E-state index in [0.717, 1.165) is 5.56 Å². The molecule has 0 unspecified atom stereocenters. The van der Waals surface area contributed by atoms with E-state index in [4.69, 9.17) is 15.2 Å². The van der Waals surface area contributed by atoms with Gasteiger partial charge in [-0.25, -0.2) is 4.79 Å². The third kappa shape index (κ3) is 6.24. The number of primary amides is 1. The van der Waals surface area contributed by atoms with Gasteiger partial charge in [0.2, 0.25) is 5.91 Å². The van der Waals surface area contributed by atoms with Gasteiger partial charge in [0.15, 0.2) is 0 Å². The molecule has 0 aliphatic rings. The molecule has 0 bridgehead atoms. The first kappa shape index (κ1) is 19.4. The second-order valence-corrected chi connectivity index (χ2v) is 5.86. The Hall–Kier alpha value is -2.63. The summed E-state index contributed by atoms with van der Waals surface area (Å²) in [6, 6.07) is 6.47. The Labute approximate surface area is 141 Å². The molecule has 6 heteroatoms. The smallest absolute Gasteiger partial charge is 0.330 e. The monoisotopic (exact) mass is 333 g/mol. The molecule has 1 aromatic rings. The Balaban J connectivity index is 2.36. The third-order valence-electron chi connectivity index (χ3n) is 3.60. The van der Waals surface area contributed by atoms with Gasteiger partial charge in [0.25, 0.3) is 0 Å². The molecule has 6 nitrogen and oxygen atoms in total. The van der Waals surface area contributed by atoms with Crippen LogP contribution in [0, 0.1) is 5.41 Å². The molecule has 130 valence electrons. The fourth-order valence-corrected chi connectivity index (χ4v) is 1.59. The maximum absolute atomic E-state index is 11.7. The number of rotatable bonds is 8. The number of hydrogen-bond acceptors (Lipinski definition) is 5. The fraction of sp³-hybridized carbons (Fsp3) is 0.389. The Morgan fingerprint density at radius 3 is 2.21 bits per heavy atom. The molecule has 0 aliphatic heterocycles. The van der Waals surface area contributed by atoms with E-state index in [2.05, 4.69) is 0 Å². The van der Waals surface area contributed by atoms with Crippen LogP contribution in [0.4, 0.5) is 0 Å². The summed E-state index contributed by atoms with van der Waals surface area (Å²) in [4.78, 5) is 34.2. The minimum absolute atomic E-state index is 0.00464. The van der Waals surface area contributed by atoms with Crippen LogP contribution >= 0.6 is 0 Å². The maximum atomic E-state index is 11.7. The van der Waals surface area contributed by atoms with E-state index in [1.54, 1.807) is 44.2 Å². The summed E-state index contributed by atoms with van der Waals surface area (Å²) in [5, 5.41) is 0. The van der Waals surface area contributed by atoms with Crippen molar-refractivity contribution in [3.8, 4) is 0 Å². The lowest BCUT2D eigenvalue weighted by molar-refractivity contribution is -0.157. The van der Waals surface area contributed by atoms with Gasteiger partial charge in [-0.3, -0.25) is 9.59 Å². The number of nitrogens with two attached hydrogens (primary N) is 1. The summed E-state index contributed by atoms with van der Waals surface area (Å²) < 4.78 is 10.0. The molecule has 0 atom stereocenters. The molecule has 0 fully saturated rings. The van der Waals surface area contributed by atoms with Crippen molar-refractivity contribution in [2.24, 2.45) is 11.1 Å². The number of carbonyl (C=O) groups excluding carboxylic acids is 3. The van der Waals surface area contributed by atoms with Crippen LogP contribution < -0.4 is 5.73 Å². The first-order valence-corrected chi connectivity index (χ1v) is 7.68. The molecule has 0 radical (unpaired) electrons. The van der Waals surface area contributed by atoms with E-state index in [9.17, 15) is 14.4 Å². The summed E-state index contributed by atoms with van der Waals surface area (Å²) in [6.07, 6.45) is 3.49. The largest absolute Gasteiger partial charge is 0.462 e. The minimum Gasteiger partial charge on any atom is -0.462 e.